The van der Waals surface area contributed by atoms with Gasteiger partial charge in [0.15, 0.2) is 0 Å². The Bertz CT molecular complexity index is 184. The number of hydrogen-bond donors (Lipinski definition) is 0. The fraction of sp³-hybridized carbons (Fsp3) is 0.625. The molecule has 3 nitrogen and oxygen atoms in total. The van der Waals surface area contributed by atoms with Crippen molar-refractivity contribution in [1.29, 1.82) is 0 Å². The summed E-state index contributed by atoms with van der Waals surface area (Å²) in [6.45, 7) is 7.09. The first kappa shape index (κ1) is 8.27. The highest BCUT2D eigenvalue weighted by molar-refractivity contribution is 5.81. The first-order chi connectivity index (χ1) is 5.14. The summed E-state index contributed by atoms with van der Waals surface area (Å²) in [4.78, 5) is 10.8. The van der Waals surface area contributed by atoms with Gasteiger partial charge in [-0.1, -0.05) is 13.5 Å². The fourth-order valence-electron chi connectivity index (χ4n) is 1.03. The van der Waals surface area contributed by atoms with E-state index < -0.39 is 11.8 Å². The Kier molecular flexibility index (Phi) is 2.00. The number of hydrogen-bond acceptors (Lipinski definition) is 3. The quantitative estimate of drug-likeness (QED) is 0.350. The van der Waals surface area contributed by atoms with Gasteiger partial charge in [-0.3, -0.25) is 0 Å². The SMILES string of the molecule is C=CC(=O)OC1(CC)OC1C. The molecule has 2 atom stereocenters. The van der Waals surface area contributed by atoms with Crippen LogP contribution in [0.5, 0.6) is 0 Å². The number of carbonyl (C=O) groups is 1. The predicted molar refractivity (Wildman–Crippen MR) is 39.9 cm³/mol. The van der Waals surface area contributed by atoms with Crippen molar-refractivity contribution >= 4 is 5.97 Å². The van der Waals surface area contributed by atoms with E-state index in [1.54, 1.807) is 0 Å². The monoisotopic (exact) mass is 156 g/mol. The molecule has 0 aromatic carbocycles. The molecule has 0 amide bonds. The Morgan fingerprint density at radius 3 is 2.73 bits per heavy atom. The van der Waals surface area contributed by atoms with Gasteiger partial charge in [0.1, 0.15) is 6.10 Å². The summed E-state index contributed by atoms with van der Waals surface area (Å²) in [7, 11) is 0. The predicted octanol–water partition coefficient (Wildman–Crippen LogP) is 1.24. The van der Waals surface area contributed by atoms with Gasteiger partial charge < -0.3 is 9.47 Å². The van der Waals surface area contributed by atoms with Gasteiger partial charge in [0.05, 0.1) is 0 Å². The second-order valence-electron chi connectivity index (χ2n) is 2.55. The normalized spacial score (nSPS) is 34.5. The number of ether oxygens (including phenoxy) is 2. The lowest BCUT2D eigenvalue weighted by Gasteiger charge is -2.08. The molecule has 0 saturated carbocycles. The van der Waals surface area contributed by atoms with Crippen LogP contribution in [0.15, 0.2) is 12.7 Å². The molecule has 2 unspecified atom stereocenters. The maximum absolute atomic E-state index is 10.8. The van der Waals surface area contributed by atoms with Gasteiger partial charge in [-0.15, -0.1) is 0 Å². The minimum absolute atomic E-state index is 0.0244. The van der Waals surface area contributed by atoms with Crippen molar-refractivity contribution in [3.63, 3.8) is 0 Å². The van der Waals surface area contributed by atoms with Crippen LogP contribution in [-0.2, 0) is 14.3 Å². The Morgan fingerprint density at radius 2 is 2.45 bits per heavy atom. The Labute approximate surface area is 66.0 Å². The molecule has 1 aliphatic heterocycles. The summed E-state index contributed by atoms with van der Waals surface area (Å²) in [5.41, 5.74) is 0. The second kappa shape index (κ2) is 2.66. The highest BCUT2D eigenvalue weighted by Gasteiger charge is 2.55. The number of carbonyl (C=O) groups excluding carboxylic acids is 1. The van der Waals surface area contributed by atoms with E-state index in [2.05, 4.69) is 6.58 Å². The van der Waals surface area contributed by atoms with Crippen LogP contribution in [0.4, 0.5) is 0 Å². The molecule has 3 heteroatoms. The summed E-state index contributed by atoms with van der Waals surface area (Å²) in [6, 6.07) is 0. The van der Waals surface area contributed by atoms with Crippen LogP contribution in [-0.4, -0.2) is 17.9 Å². The first-order valence-electron chi connectivity index (χ1n) is 3.68. The second-order valence-corrected chi connectivity index (χ2v) is 2.55. The smallest absolute Gasteiger partial charge is 0.332 e. The van der Waals surface area contributed by atoms with Gasteiger partial charge in [-0.05, 0) is 6.92 Å². The summed E-state index contributed by atoms with van der Waals surface area (Å²) in [6.07, 6.45) is 1.86. The van der Waals surface area contributed by atoms with E-state index in [1.165, 1.54) is 0 Å². The van der Waals surface area contributed by atoms with Crippen LogP contribution in [0, 0.1) is 0 Å². The molecule has 0 N–H and O–H groups in total. The van der Waals surface area contributed by atoms with E-state index in [-0.39, 0.29) is 6.10 Å². The van der Waals surface area contributed by atoms with Crippen molar-refractivity contribution in [2.45, 2.75) is 32.2 Å². The summed E-state index contributed by atoms with van der Waals surface area (Å²) >= 11 is 0. The van der Waals surface area contributed by atoms with E-state index in [4.69, 9.17) is 9.47 Å². The lowest BCUT2D eigenvalue weighted by atomic mass is 10.2. The van der Waals surface area contributed by atoms with Gasteiger partial charge in [0, 0.05) is 12.5 Å². The molecule has 1 heterocycles. The zero-order valence-corrected chi connectivity index (χ0v) is 6.79. The van der Waals surface area contributed by atoms with Crippen LogP contribution in [0.3, 0.4) is 0 Å². The number of epoxide rings is 1. The van der Waals surface area contributed by atoms with Crippen molar-refractivity contribution in [1.82, 2.24) is 0 Å². The molecule has 1 saturated heterocycles. The van der Waals surface area contributed by atoms with Crippen LogP contribution in [0.1, 0.15) is 20.3 Å². The summed E-state index contributed by atoms with van der Waals surface area (Å²) in [5.74, 6) is -1.07. The van der Waals surface area contributed by atoms with Crippen molar-refractivity contribution in [2.75, 3.05) is 0 Å². The number of esters is 1. The molecule has 62 valence electrons. The third kappa shape index (κ3) is 1.43. The third-order valence-corrected chi connectivity index (χ3v) is 1.87. The highest BCUT2D eigenvalue weighted by Crippen LogP contribution is 2.40. The molecule has 0 bridgehead atoms. The van der Waals surface area contributed by atoms with Crippen molar-refractivity contribution in [3.8, 4) is 0 Å². The lowest BCUT2D eigenvalue weighted by Crippen LogP contribution is -2.21. The standard InChI is InChI=1S/C8H12O3/c1-4-7(9)11-8(5-2)6(3)10-8/h4,6H,1,5H2,2-3H3. The average Bonchev–Trinajstić information content (AvgIpc) is 2.62. The molecule has 0 radical (unpaired) electrons. The van der Waals surface area contributed by atoms with Crippen molar-refractivity contribution < 1.29 is 14.3 Å². The molecular weight excluding hydrogens is 144 g/mol. The zero-order chi connectivity index (χ0) is 8.48. The van der Waals surface area contributed by atoms with Crippen LogP contribution < -0.4 is 0 Å². The topological polar surface area (TPSA) is 38.8 Å². The van der Waals surface area contributed by atoms with Gasteiger partial charge in [0.25, 0.3) is 0 Å². The Morgan fingerprint density at radius 1 is 1.91 bits per heavy atom. The summed E-state index contributed by atoms with van der Waals surface area (Å²) in [5, 5.41) is 0. The molecular formula is C8H12O3. The Balaban J connectivity index is 2.47. The van der Waals surface area contributed by atoms with E-state index in [1.807, 2.05) is 13.8 Å². The number of rotatable bonds is 3. The molecule has 11 heavy (non-hydrogen) atoms. The highest BCUT2D eigenvalue weighted by atomic mass is 16.8. The van der Waals surface area contributed by atoms with Gasteiger partial charge in [-0.25, -0.2) is 4.79 Å². The van der Waals surface area contributed by atoms with Crippen molar-refractivity contribution in [2.24, 2.45) is 0 Å². The lowest BCUT2D eigenvalue weighted by molar-refractivity contribution is -0.152. The van der Waals surface area contributed by atoms with Crippen molar-refractivity contribution in [3.05, 3.63) is 12.7 Å². The maximum atomic E-state index is 10.8. The van der Waals surface area contributed by atoms with Crippen LogP contribution in [0.25, 0.3) is 0 Å². The zero-order valence-electron chi connectivity index (χ0n) is 6.79. The fourth-order valence-corrected chi connectivity index (χ4v) is 1.03. The molecule has 0 aromatic rings. The molecule has 1 rings (SSSR count). The maximum Gasteiger partial charge on any atom is 0.332 e. The molecule has 1 aliphatic rings. The van der Waals surface area contributed by atoms with Gasteiger partial charge in [0.2, 0.25) is 5.79 Å². The van der Waals surface area contributed by atoms with Crippen LogP contribution >= 0.6 is 0 Å². The molecule has 0 aliphatic carbocycles. The average molecular weight is 156 g/mol. The minimum atomic E-state index is -0.648. The van der Waals surface area contributed by atoms with Gasteiger partial charge in [-0.2, -0.15) is 0 Å². The summed E-state index contributed by atoms with van der Waals surface area (Å²) < 4.78 is 10.1. The van der Waals surface area contributed by atoms with E-state index in [0.29, 0.717) is 6.42 Å². The first-order valence-corrected chi connectivity index (χ1v) is 3.68. The largest absolute Gasteiger partial charge is 0.427 e. The van der Waals surface area contributed by atoms with Gasteiger partial charge >= 0.3 is 5.97 Å². The molecule has 0 spiro atoms. The third-order valence-electron chi connectivity index (χ3n) is 1.87. The van der Waals surface area contributed by atoms with E-state index in [0.717, 1.165) is 6.08 Å². The molecule has 1 fully saturated rings. The molecule has 0 aromatic heterocycles. The van der Waals surface area contributed by atoms with Crippen LogP contribution in [0.2, 0.25) is 0 Å². The minimum Gasteiger partial charge on any atom is -0.427 e. The van der Waals surface area contributed by atoms with E-state index in [9.17, 15) is 4.79 Å². The Hall–Kier alpha value is -0.830. The van der Waals surface area contributed by atoms with E-state index >= 15 is 0 Å².